The summed E-state index contributed by atoms with van der Waals surface area (Å²) < 4.78 is 18.4. The van der Waals surface area contributed by atoms with Gasteiger partial charge in [0, 0.05) is 33.2 Å². The molecule has 2 N–H and O–H groups in total. The number of aryl methyl sites for hydroxylation is 2. The monoisotopic (exact) mass is 517 g/mol. The summed E-state index contributed by atoms with van der Waals surface area (Å²) in [6.07, 6.45) is 5.79. The molecular weight excluding hydrogens is 485 g/mol. The average molecular weight is 517 g/mol. The van der Waals surface area contributed by atoms with Gasteiger partial charge in [0.25, 0.3) is 0 Å². The van der Waals surface area contributed by atoms with E-state index in [1.165, 1.54) is 0 Å². The molecular formula is C20H32IN5O3. The Labute approximate surface area is 189 Å². The number of guanidine groups is 1. The van der Waals surface area contributed by atoms with Gasteiger partial charge in [-0.25, -0.2) is 9.67 Å². The van der Waals surface area contributed by atoms with Crippen LogP contribution in [0.15, 0.2) is 27.8 Å². The van der Waals surface area contributed by atoms with Crippen LogP contribution in [0.4, 0.5) is 0 Å². The van der Waals surface area contributed by atoms with Crippen molar-refractivity contribution in [2.75, 3.05) is 26.8 Å². The van der Waals surface area contributed by atoms with Crippen LogP contribution in [-0.2, 0) is 31.2 Å². The van der Waals surface area contributed by atoms with E-state index in [9.17, 15) is 0 Å². The first-order chi connectivity index (χ1) is 13.7. The molecule has 29 heavy (non-hydrogen) atoms. The second-order valence-corrected chi connectivity index (χ2v) is 6.85. The van der Waals surface area contributed by atoms with Crippen molar-refractivity contribution in [1.29, 1.82) is 0 Å². The van der Waals surface area contributed by atoms with Crippen LogP contribution >= 0.6 is 24.0 Å². The predicted molar refractivity (Wildman–Crippen MR) is 123 cm³/mol. The van der Waals surface area contributed by atoms with Crippen LogP contribution in [0.2, 0.25) is 0 Å². The summed E-state index contributed by atoms with van der Waals surface area (Å²) in [5, 5.41) is 11.3. The van der Waals surface area contributed by atoms with Crippen molar-refractivity contribution in [2.24, 2.45) is 12.0 Å². The maximum Gasteiger partial charge on any atom is 0.216 e. The smallest absolute Gasteiger partial charge is 0.216 e. The topological polar surface area (TPSA) is 85.8 Å². The molecule has 2 aromatic rings. The normalized spacial score (nSPS) is 16.5. The number of hydrogen-bond donors (Lipinski definition) is 2. The molecule has 9 heteroatoms. The maximum atomic E-state index is 5.71. The molecule has 1 atom stereocenters. The van der Waals surface area contributed by atoms with Crippen molar-refractivity contribution in [2.45, 2.75) is 45.3 Å². The van der Waals surface area contributed by atoms with Crippen LogP contribution in [0.5, 0.6) is 5.88 Å². The van der Waals surface area contributed by atoms with E-state index in [1.54, 1.807) is 18.1 Å². The molecule has 0 aliphatic carbocycles. The SMILES string of the molecule is CCc1nn(C)c(OC)c1CN=C(NCCc1ccco1)NCC1CCCO1.I. The van der Waals surface area contributed by atoms with Crippen LogP contribution in [0.25, 0.3) is 0 Å². The van der Waals surface area contributed by atoms with Gasteiger partial charge in [-0.3, -0.25) is 0 Å². The van der Waals surface area contributed by atoms with Gasteiger partial charge in [-0.15, -0.1) is 24.0 Å². The number of halogens is 1. The van der Waals surface area contributed by atoms with Crippen molar-refractivity contribution >= 4 is 29.9 Å². The molecule has 3 heterocycles. The number of rotatable bonds is 9. The quantitative estimate of drug-likeness (QED) is 0.302. The van der Waals surface area contributed by atoms with Crippen LogP contribution in [0, 0.1) is 0 Å². The highest BCUT2D eigenvalue weighted by Gasteiger charge is 2.17. The molecule has 0 bridgehead atoms. The van der Waals surface area contributed by atoms with E-state index < -0.39 is 0 Å². The first-order valence-electron chi connectivity index (χ1n) is 9.96. The Kier molecular flexibility index (Phi) is 9.79. The van der Waals surface area contributed by atoms with E-state index in [2.05, 4.69) is 22.7 Å². The summed E-state index contributed by atoms with van der Waals surface area (Å²) in [4.78, 5) is 4.78. The molecule has 0 saturated carbocycles. The molecule has 1 aliphatic heterocycles. The summed E-state index contributed by atoms with van der Waals surface area (Å²) in [5.74, 6) is 2.47. The van der Waals surface area contributed by atoms with Crippen molar-refractivity contribution < 1.29 is 13.9 Å². The zero-order chi connectivity index (χ0) is 19.8. The van der Waals surface area contributed by atoms with Crippen molar-refractivity contribution in [1.82, 2.24) is 20.4 Å². The van der Waals surface area contributed by atoms with E-state index in [4.69, 9.17) is 18.9 Å². The number of furan rings is 1. The minimum absolute atomic E-state index is 0. The third-order valence-electron chi connectivity index (χ3n) is 4.86. The Morgan fingerprint density at radius 2 is 2.28 bits per heavy atom. The fourth-order valence-corrected chi connectivity index (χ4v) is 3.41. The summed E-state index contributed by atoms with van der Waals surface area (Å²) >= 11 is 0. The third kappa shape index (κ3) is 6.63. The summed E-state index contributed by atoms with van der Waals surface area (Å²) in [5.41, 5.74) is 2.04. The highest BCUT2D eigenvalue weighted by Crippen LogP contribution is 2.22. The van der Waals surface area contributed by atoms with E-state index in [-0.39, 0.29) is 30.1 Å². The first-order valence-corrected chi connectivity index (χ1v) is 9.96. The Morgan fingerprint density at radius 1 is 1.41 bits per heavy atom. The highest BCUT2D eigenvalue weighted by molar-refractivity contribution is 14.0. The van der Waals surface area contributed by atoms with Gasteiger partial charge in [0.2, 0.25) is 5.88 Å². The zero-order valence-corrected chi connectivity index (χ0v) is 19.8. The van der Waals surface area contributed by atoms with Crippen molar-refractivity contribution in [3.63, 3.8) is 0 Å². The number of hydrogen-bond acceptors (Lipinski definition) is 5. The molecule has 162 valence electrons. The van der Waals surface area contributed by atoms with Gasteiger partial charge in [0.1, 0.15) is 5.76 Å². The Bertz CT molecular complexity index is 755. The van der Waals surface area contributed by atoms with Gasteiger partial charge < -0.3 is 24.5 Å². The van der Waals surface area contributed by atoms with Gasteiger partial charge in [-0.05, 0) is 31.4 Å². The molecule has 0 spiro atoms. The lowest BCUT2D eigenvalue weighted by Crippen LogP contribution is -2.41. The number of aliphatic imine (C=N–C) groups is 1. The van der Waals surface area contributed by atoms with Crippen LogP contribution in [0.3, 0.4) is 0 Å². The van der Waals surface area contributed by atoms with Crippen LogP contribution in [0.1, 0.15) is 36.8 Å². The average Bonchev–Trinajstić information content (AvgIpc) is 3.45. The minimum atomic E-state index is 0. The second kappa shape index (κ2) is 12.1. The lowest BCUT2D eigenvalue weighted by atomic mass is 10.2. The second-order valence-electron chi connectivity index (χ2n) is 6.85. The Morgan fingerprint density at radius 3 is 2.93 bits per heavy atom. The number of methoxy groups -OCH3 is 1. The number of nitrogens with zero attached hydrogens (tertiary/aromatic N) is 3. The van der Waals surface area contributed by atoms with Gasteiger partial charge in [-0.1, -0.05) is 6.92 Å². The molecule has 2 aromatic heterocycles. The van der Waals surface area contributed by atoms with E-state index >= 15 is 0 Å². The standard InChI is InChI=1S/C20H31N5O3.HI/c1-4-18-17(19(26-3)25(2)24-18)14-23-20(22-13-16-8-6-12-28-16)21-10-9-15-7-5-11-27-15;/h5,7,11,16H,4,6,8-10,12-14H2,1-3H3,(H2,21,22,23);1H. The molecule has 3 rings (SSSR count). The fourth-order valence-electron chi connectivity index (χ4n) is 3.41. The lowest BCUT2D eigenvalue weighted by Gasteiger charge is -2.15. The van der Waals surface area contributed by atoms with Crippen LogP contribution < -0.4 is 15.4 Å². The number of aromatic nitrogens is 2. The lowest BCUT2D eigenvalue weighted by molar-refractivity contribution is 0.114. The molecule has 0 amide bonds. The van der Waals surface area contributed by atoms with Crippen LogP contribution in [-0.4, -0.2) is 48.7 Å². The number of nitrogens with one attached hydrogen (secondary N) is 2. The number of ether oxygens (including phenoxy) is 2. The fraction of sp³-hybridized carbons (Fsp3) is 0.600. The van der Waals surface area contributed by atoms with Gasteiger partial charge >= 0.3 is 0 Å². The van der Waals surface area contributed by atoms with Gasteiger partial charge in [0.15, 0.2) is 5.96 Å². The first kappa shape index (κ1) is 23.5. The molecule has 1 unspecified atom stereocenters. The Balaban J connectivity index is 0.00000300. The zero-order valence-electron chi connectivity index (χ0n) is 17.4. The molecule has 0 aromatic carbocycles. The maximum absolute atomic E-state index is 5.71. The molecule has 8 nitrogen and oxygen atoms in total. The van der Waals surface area contributed by atoms with E-state index in [0.717, 1.165) is 74.2 Å². The largest absolute Gasteiger partial charge is 0.481 e. The van der Waals surface area contributed by atoms with E-state index in [1.807, 2.05) is 19.2 Å². The van der Waals surface area contributed by atoms with E-state index in [0.29, 0.717) is 6.54 Å². The summed E-state index contributed by atoms with van der Waals surface area (Å²) in [6.45, 7) is 4.92. The van der Waals surface area contributed by atoms with Crippen molar-refractivity contribution in [3.05, 3.63) is 35.4 Å². The molecule has 0 radical (unpaired) electrons. The van der Waals surface area contributed by atoms with Crippen molar-refractivity contribution in [3.8, 4) is 5.88 Å². The minimum Gasteiger partial charge on any atom is -0.481 e. The summed E-state index contributed by atoms with van der Waals surface area (Å²) in [7, 11) is 3.56. The molecule has 1 fully saturated rings. The molecule has 1 saturated heterocycles. The predicted octanol–water partition coefficient (Wildman–Crippen LogP) is 2.66. The third-order valence-corrected chi connectivity index (χ3v) is 4.86. The van der Waals surface area contributed by atoms with Gasteiger partial charge in [0.05, 0.1) is 37.3 Å². The highest BCUT2D eigenvalue weighted by atomic mass is 127. The Hall–Kier alpha value is -1.75. The summed E-state index contributed by atoms with van der Waals surface area (Å²) in [6, 6.07) is 3.88. The molecule has 1 aliphatic rings. The van der Waals surface area contributed by atoms with Gasteiger partial charge in [-0.2, -0.15) is 5.10 Å².